The fourth-order valence-electron chi connectivity index (χ4n) is 2.20. The van der Waals surface area contributed by atoms with Gasteiger partial charge in [0.25, 0.3) is 0 Å². The molecule has 0 radical (unpaired) electrons. The molecular formula is C12H17BrN2O2S. The van der Waals surface area contributed by atoms with Crippen LogP contribution in [0, 0.1) is 12.8 Å². The van der Waals surface area contributed by atoms with Crippen LogP contribution < -0.4 is 5.73 Å². The molecule has 0 saturated carbocycles. The fraction of sp³-hybridized carbons (Fsp3) is 0.500. The molecule has 0 amide bonds. The number of benzene rings is 1. The monoisotopic (exact) mass is 332 g/mol. The highest BCUT2D eigenvalue weighted by atomic mass is 79.9. The number of hydrogen-bond donors (Lipinski definition) is 1. The Morgan fingerprint density at radius 1 is 1.50 bits per heavy atom. The fourth-order valence-corrected chi connectivity index (χ4v) is 4.49. The van der Waals surface area contributed by atoms with Gasteiger partial charge in [0.15, 0.2) is 0 Å². The molecule has 1 fully saturated rings. The maximum atomic E-state index is 12.5. The van der Waals surface area contributed by atoms with Crippen molar-refractivity contribution >= 4 is 26.0 Å². The van der Waals surface area contributed by atoms with Crippen molar-refractivity contribution in [2.24, 2.45) is 11.7 Å². The van der Waals surface area contributed by atoms with Crippen LogP contribution >= 0.6 is 15.9 Å². The van der Waals surface area contributed by atoms with Gasteiger partial charge in [-0.05, 0) is 43.5 Å². The van der Waals surface area contributed by atoms with Crippen LogP contribution in [-0.2, 0) is 10.0 Å². The summed E-state index contributed by atoms with van der Waals surface area (Å²) in [5.41, 5.74) is 6.38. The van der Waals surface area contributed by atoms with Crippen LogP contribution in [-0.4, -0.2) is 32.4 Å². The Morgan fingerprint density at radius 3 is 2.83 bits per heavy atom. The molecule has 1 aromatic rings. The van der Waals surface area contributed by atoms with Crippen molar-refractivity contribution in [3.63, 3.8) is 0 Å². The molecule has 18 heavy (non-hydrogen) atoms. The Bertz CT molecular complexity index is 545. The predicted molar refractivity (Wildman–Crippen MR) is 74.8 cm³/mol. The average molecular weight is 333 g/mol. The lowest BCUT2D eigenvalue weighted by atomic mass is 10.1. The van der Waals surface area contributed by atoms with E-state index in [9.17, 15) is 8.42 Å². The molecule has 1 atom stereocenters. The predicted octanol–water partition coefficient (Wildman–Crippen LogP) is 1.73. The van der Waals surface area contributed by atoms with Crippen LogP contribution in [0.3, 0.4) is 0 Å². The quantitative estimate of drug-likeness (QED) is 0.916. The van der Waals surface area contributed by atoms with Crippen molar-refractivity contribution in [2.75, 3.05) is 19.6 Å². The summed E-state index contributed by atoms with van der Waals surface area (Å²) in [4.78, 5) is 0.384. The van der Waals surface area contributed by atoms with Gasteiger partial charge in [-0.1, -0.05) is 22.0 Å². The Balaban J connectivity index is 2.34. The maximum Gasteiger partial charge on any atom is 0.243 e. The zero-order valence-electron chi connectivity index (χ0n) is 10.3. The molecule has 2 rings (SSSR count). The normalized spacial score (nSPS) is 21.4. The third-order valence-electron chi connectivity index (χ3n) is 3.35. The summed E-state index contributed by atoms with van der Waals surface area (Å²) in [6, 6.07) is 5.33. The second kappa shape index (κ2) is 5.28. The molecule has 1 aromatic carbocycles. The topological polar surface area (TPSA) is 63.4 Å². The van der Waals surface area contributed by atoms with Crippen molar-refractivity contribution < 1.29 is 8.42 Å². The lowest BCUT2D eigenvalue weighted by molar-refractivity contribution is 0.458. The standard InChI is InChI=1S/C12H17BrN2O2S/c1-9-2-3-11(13)6-12(9)18(16,17)15-5-4-10(7-14)8-15/h2-3,6,10H,4-5,7-8,14H2,1H3. The van der Waals surface area contributed by atoms with Gasteiger partial charge in [0, 0.05) is 17.6 Å². The lowest BCUT2D eigenvalue weighted by Gasteiger charge is -2.18. The molecular weight excluding hydrogens is 316 g/mol. The highest BCUT2D eigenvalue weighted by Crippen LogP contribution is 2.27. The summed E-state index contributed by atoms with van der Waals surface area (Å²) >= 11 is 3.32. The minimum absolute atomic E-state index is 0.284. The van der Waals surface area contributed by atoms with E-state index in [4.69, 9.17) is 5.73 Å². The van der Waals surface area contributed by atoms with E-state index in [-0.39, 0.29) is 5.92 Å². The van der Waals surface area contributed by atoms with Crippen molar-refractivity contribution in [1.29, 1.82) is 0 Å². The van der Waals surface area contributed by atoms with Gasteiger partial charge in [-0.25, -0.2) is 8.42 Å². The molecule has 2 N–H and O–H groups in total. The SMILES string of the molecule is Cc1ccc(Br)cc1S(=O)(=O)N1CCC(CN)C1. The second-order valence-corrected chi connectivity index (χ2v) is 7.49. The number of aryl methyl sites for hydroxylation is 1. The van der Waals surface area contributed by atoms with Gasteiger partial charge in [-0.2, -0.15) is 4.31 Å². The Hall–Kier alpha value is -0.430. The van der Waals surface area contributed by atoms with Crippen molar-refractivity contribution in [2.45, 2.75) is 18.2 Å². The first-order valence-corrected chi connectivity index (χ1v) is 8.15. The third kappa shape index (κ3) is 2.61. The Labute approximate surface area is 116 Å². The van der Waals surface area contributed by atoms with E-state index in [1.807, 2.05) is 19.1 Å². The molecule has 4 nitrogen and oxygen atoms in total. The zero-order chi connectivity index (χ0) is 13.3. The van der Waals surface area contributed by atoms with E-state index in [2.05, 4.69) is 15.9 Å². The molecule has 6 heteroatoms. The molecule has 100 valence electrons. The number of rotatable bonds is 3. The van der Waals surface area contributed by atoms with Gasteiger partial charge in [0.1, 0.15) is 0 Å². The summed E-state index contributed by atoms with van der Waals surface area (Å²) in [6.07, 6.45) is 0.850. The van der Waals surface area contributed by atoms with Crippen LogP contribution in [0.25, 0.3) is 0 Å². The van der Waals surface area contributed by atoms with Gasteiger partial charge < -0.3 is 5.73 Å². The molecule has 1 saturated heterocycles. The van der Waals surface area contributed by atoms with E-state index in [1.54, 1.807) is 10.4 Å². The van der Waals surface area contributed by atoms with Crippen LogP contribution in [0.1, 0.15) is 12.0 Å². The van der Waals surface area contributed by atoms with Crippen LogP contribution in [0.4, 0.5) is 0 Å². The van der Waals surface area contributed by atoms with E-state index in [1.165, 1.54) is 0 Å². The number of halogens is 1. The van der Waals surface area contributed by atoms with Gasteiger partial charge in [0.05, 0.1) is 4.90 Å². The minimum Gasteiger partial charge on any atom is -0.330 e. The number of hydrogen-bond acceptors (Lipinski definition) is 3. The van der Waals surface area contributed by atoms with Crippen LogP contribution in [0.15, 0.2) is 27.6 Å². The summed E-state index contributed by atoms with van der Waals surface area (Å²) in [7, 11) is -3.39. The maximum absolute atomic E-state index is 12.5. The summed E-state index contributed by atoms with van der Waals surface area (Å²) < 4.78 is 27.4. The van der Waals surface area contributed by atoms with E-state index in [0.717, 1.165) is 16.5 Å². The van der Waals surface area contributed by atoms with Gasteiger partial charge >= 0.3 is 0 Å². The van der Waals surface area contributed by atoms with E-state index in [0.29, 0.717) is 24.5 Å². The number of nitrogens with zero attached hydrogens (tertiary/aromatic N) is 1. The van der Waals surface area contributed by atoms with Gasteiger partial charge in [0.2, 0.25) is 10.0 Å². The summed E-state index contributed by atoms with van der Waals surface area (Å²) in [5, 5.41) is 0. The molecule has 1 aliphatic heterocycles. The lowest BCUT2D eigenvalue weighted by Crippen LogP contribution is -2.30. The number of sulfonamides is 1. The van der Waals surface area contributed by atoms with Crippen molar-refractivity contribution in [1.82, 2.24) is 4.31 Å². The third-order valence-corrected chi connectivity index (χ3v) is 5.85. The summed E-state index contributed by atoms with van der Waals surface area (Å²) in [6.45, 7) is 3.46. The van der Waals surface area contributed by atoms with E-state index >= 15 is 0 Å². The summed E-state index contributed by atoms with van der Waals surface area (Å²) in [5.74, 6) is 0.284. The Kier molecular flexibility index (Phi) is 4.11. The van der Waals surface area contributed by atoms with Gasteiger partial charge in [-0.3, -0.25) is 0 Å². The highest BCUT2D eigenvalue weighted by molar-refractivity contribution is 9.10. The molecule has 0 bridgehead atoms. The second-order valence-electron chi connectivity index (χ2n) is 4.66. The first-order chi connectivity index (χ1) is 8.45. The Morgan fingerprint density at radius 2 is 2.22 bits per heavy atom. The minimum atomic E-state index is -3.39. The van der Waals surface area contributed by atoms with E-state index < -0.39 is 10.0 Å². The largest absolute Gasteiger partial charge is 0.330 e. The molecule has 0 spiro atoms. The van der Waals surface area contributed by atoms with Crippen molar-refractivity contribution in [3.8, 4) is 0 Å². The smallest absolute Gasteiger partial charge is 0.243 e. The zero-order valence-corrected chi connectivity index (χ0v) is 12.7. The molecule has 1 heterocycles. The molecule has 0 aliphatic carbocycles. The van der Waals surface area contributed by atoms with Crippen LogP contribution in [0.5, 0.6) is 0 Å². The highest BCUT2D eigenvalue weighted by Gasteiger charge is 2.32. The molecule has 0 aromatic heterocycles. The number of nitrogens with two attached hydrogens (primary N) is 1. The van der Waals surface area contributed by atoms with Gasteiger partial charge in [-0.15, -0.1) is 0 Å². The van der Waals surface area contributed by atoms with Crippen molar-refractivity contribution in [3.05, 3.63) is 28.2 Å². The molecule has 1 aliphatic rings. The average Bonchev–Trinajstić information content (AvgIpc) is 2.81. The first-order valence-electron chi connectivity index (χ1n) is 5.91. The molecule has 1 unspecified atom stereocenters. The van der Waals surface area contributed by atoms with Crippen LogP contribution in [0.2, 0.25) is 0 Å². The first kappa shape index (κ1) is 14.0.